The molecule has 0 atom stereocenters. The lowest BCUT2D eigenvalue weighted by Crippen LogP contribution is -2.14. The van der Waals surface area contributed by atoms with E-state index in [0.717, 1.165) is 16.8 Å². The molecule has 148 valence electrons. The molecular weight excluding hydrogens is 394 g/mol. The Morgan fingerprint density at radius 2 is 1.71 bits per heavy atom. The molecule has 0 saturated heterocycles. The van der Waals surface area contributed by atoms with E-state index in [1.165, 1.54) is 0 Å². The quantitative estimate of drug-likeness (QED) is 0.604. The number of aromatic nitrogens is 2. The summed E-state index contributed by atoms with van der Waals surface area (Å²) in [7, 11) is -3.70. The maximum atomic E-state index is 12.8. The van der Waals surface area contributed by atoms with Gasteiger partial charge < -0.3 is 0 Å². The van der Waals surface area contributed by atoms with Gasteiger partial charge in [0.15, 0.2) is 0 Å². The summed E-state index contributed by atoms with van der Waals surface area (Å²) in [6.45, 7) is 8.24. The van der Waals surface area contributed by atoms with Gasteiger partial charge in [0.05, 0.1) is 28.5 Å². The highest BCUT2D eigenvalue weighted by atomic mass is 35.5. The van der Waals surface area contributed by atoms with E-state index >= 15 is 0 Å². The molecule has 0 spiro atoms. The van der Waals surface area contributed by atoms with Crippen molar-refractivity contribution in [3.8, 4) is 0 Å². The summed E-state index contributed by atoms with van der Waals surface area (Å²) in [5.74, 6) is 0.345. The van der Waals surface area contributed by atoms with Crippen LogP contribution in [0.25, 0.3) is 0 Å². The molecule has 0 amide bonds. The van der Waals surface area contributed by atoms with E-state index in [2.05, 4.69) is 23.7 Å². The first-order chi connectivity index (χ1) is 13.2. The van der Waals surface area contributed by atoms with Crippen molar-refractivity contribution < 1.29 is 8.42 Å². The summed E-state index contributed by atoms with van der Waals surface area (Å²) < 4.78 is 30.1. The number of nitrogens with zero attached hydrogens (tertiary/aromatic N) is 2. The van der Waals surface area contributed by atoms with Crippen molar-refractivity contribution in [2.45, 2.75) is 45.1 Å². The van der Waals surface area contributed by atoms with Gasteiger partial charge in [-0.05, 0) is 49.1 Å². The smallest absolute Gasteiger partial charge is 0.262 e. The summed E-state index contributed by atoms with van der Waals surface area (Å²) in [5.41, 5.74) is 3.87. The number of nitrogens with one attached hydrogen (secondary N) is 1. The molecule has 1 aromatic heterocycles. The Morgan fingerprint density at radius 3 is 2.32 bits per heavy atom. The standard InChI is InChI=1S/C21H24ClN3O2S/c1-14(2)17-9-11-19(12-10-17)28(26,27)24-21-15(3)23-25(16(21)4)13-18-7-5-6-8-20(18)22/h5-12,14,24H,13H2,1-4H3. The number of aryl methyl sites for hydroxylation is 1. The molecule has 0 radical (unpaired) electrons. The third-order valence-corrected chi connectivity index (χ3v) is 6.49. The van der Waals surface area contributed by atoms with Gasteiger partial charge in [0.2, 0.25) is 0 Å². The first-order valence-corrected chi connectivity index (χ1v) is 11.0. The van der Waals surface area contributed by atoms with E-state index in [4.69, 9.17) is 11.6 Å². The second kappa shape index (κ2) is 7.97. The fourth-order valence-corrected chi connectivity index (χ4v) is 4.38. The van der Waals surface area contributed by atoms with Gasteiger partial charge in [-0.2, -0.15) is 5.10 Å². The normalized spacial score (nSPS) is 11.8. The van der Waals surface area contributed by atoms with Gasteiger partial charge >= 0.3 is 0 Å². The van der Waals surface area contributed by atoms with Crippen LogP contribution >= 0.6 is 11.6 Å². The highest BCUT2D eigenvalue weighted by Gasteiger charge is 2.20. The van der Waals surface area contributed by atoms with Crippen LogP contribution in [-0.4, -0.2) is 18.2 Å². The zero-order valence-electron chi connectivity index (χ0n) is 16.4. The van der Waals surface area contributed by atoms with Gasteiger partial charge in [-0.3, -0.25) is 9.40 Å². The lowest BCUT2D eigenvalue weighted by molar-refractivity contribution is 0.601. The monoisotopic (exact) mass is 417 g/mol. The lowest BCUT2D eigenvalue weighted by Gasteiger charge is -2.11. The molecule has 0 aliphatic rings. The van der Waals surface area contributed by atoms with E-state index in [1.54, 1.807) is 23.7 Å². The first kappa shape index (κ1) is 20.4. The van der Waals surface area contributed by atoms with E-state index in [9.17, 15) is 8.42 Å². The molecule has 28 heavy (non-hydrogen) atoms. The lowest BCUT2D eigenvalue weighted by atomic mass is 10.0. The Hall–Kier alpha value is -2.31. The Morgan fingerprint density at radius 1 is 1.07 bits per heavy atom. The van der Waals surface area contributed by atoms with Gasteiger partial charge in [-0.15, -0.1) is 0 Å². The predicted molar refractivity (Wildman–Crippen MR) is 114 cm³/mol. The third-order valence-electron chi connectivity index (χ3n) is 4.75. The zero-order valence-corrected chi connectivity index (χ0v) is 18.0. The average Bonchev–Trinajstić information content (AvgIpc) is 2.91. The fourth-order valence-electron chi connectivity index (χ4n) is 3.01. The fraction of sp³-hybridized carbons (Fsp3) is 0.286. The van der Waals surface area contributed by atoms with Crippen molar-refractivity contribution >= 4 is 27.3 Å². The minimum Gasteiger partial charge on any atom is -0.276 e. The van der Waals surface area contributed by atoms with Crippen LogP contribution in [0, 0.1) is 13.8 Å². The predicted octanol–water partition coefficient (Wildman–Crippen LogP) is 5.13. The van der Waals surface area contributed by atoms with Crippen LogP contribution in [0.3, 0.4) is 0 Å². The summed E-state index contributed by atoms with van der Waals surface area (Å²) in [6.07, 6.45) is 0. The number of anilines is 1. The van der Waals surface area contributed by atoms with Crippen molar-refractivity contribution in [1.29, 1.82) is 0 Å². The zero-order chi connectivity index (χ0) is 20.5. The molecule has 2 aromatic carbocycles. The molecule has 5 nitrogen and oxygen atoms in total. The van der Waals surface area contributed by atoms with E-state index in [-0.39, 0.29) is 4.90 Å². The van der Waals surface area contributed by atoms with Crippen molar-refractivity contribution in [2.24, 2.45) is 0 Å². The second-order valence-corrected chi connectivity index (χ2v) is 9.21. The van der Waals surface area contributed by atoms with E-state index in [1.807, 2.05) is 43.3 Å². The van der Waals surface area contributed by atoms with Gasteiger partial charge in [0.25, 0.3) is 10.0 Å². The van der Waals surface area contributed by atoms with Crippen LogP contribution in [0.2, 0.25) is 5.02 Å². The molecule has 0 fully saturated rings. The molecule has 3 aromatic rings. The SMILES string of the molecule is Cc1nn(Cc2ccccc2Cl)c(C)c1NS(=O)(=O)c1ccc(C(C)C)cc1. The molecule has 0 bridgehead atoms. The highest BCUT2D eigenvalue weighted by Crippen LogP contribution is 2.26. The van der Waals surface area contributed by atoms with Crippen molar-refractivity contribution in [1.82, 2.24) is 9.78 Å². The minimum absolute atomic E-state index is 0.231. The molecular formula is C21H24ClN3O2S. The van der Waals surface area contributed by atoms with E-state index in [0.29, 0.717) is 28.9 Å². The van der Waals surface area contributed by atoms with Gasteiger partial charge in [-0.25, -0.2) is 8.42 Å². The molecule has 3 rings (SSSR count). The van der Waals surface area contributed by atoms with Crippen molar-refractivity contribution in [2.75, 3.05) is 4.72 Å². The molecule has 7 heteroatoms. The minimum atomic E-state index is -3.70. The van der Waals surface area contributed by atoms with Crippen LogP contribution in [0.15, 0.2) is 53.4 Å². The van der Waals surface area contributed by atoms with Crippen LogP contribution in [0.1, 0.15) is 42.3 Å². The van der Waals surface area contributed by atoms with Crippen molar-refractivity contribution in [3.05, 3.63) is 76.1 Å². The van der Waals surface area contributed by atoms with Gasteiger partial charge in [0, 0.05) is 5.02 Å². The molecule has 1 N–H and O–H groups in total. The number of hydrogen-bond acceptors (Lipinski definition) is 3. The summed E-state index contributed by atoms with van der Waals surface area (Å²) in [5, 5.41) is 5.15. The van der Waals surface area contributed by atoms with Crippen LogP contribution < -0.4 is 4.72 Å². The van der Waals surface area contributed by atoms with E-state index < -0.39 is 10.0 Å². The highest BCUT2D eigenvalue weighted by molar-refractivity contribution is 7.92. The number of rotatable bonds is 6. The maximum Gasteiger partial charge on any atom is 0.262 e. The van der Waals surface area contributed by atoms with Gasteiger partial charge in [0.1, 0.15) is 0 Å². The Balaban J connectivity index is 1.88. The maximum absolute atomic E-state index is 12.8. The number of benzene rings is 2. The van der Waals surface area contributed by atoms with Crippen molar-refractivity contribution in [3.63, 3.8) is 0 Å². The average molecular weight is 418 g/mol. The Labute approximate surface area is 171 Å². The van der Waals surface area contributed by atoms with Crippen LogP contribution in [-0.2, 0) is 16.6 Å². The second-order valence-electron chi connectivity index (χ2n) is 7.12. The van der Waals surface area contributed by atoms with Crippen LogP contribution in [0.4, 0.5) is 5.69 Å². The largest absolute Gasteiger partial charge is 0.276 e. The Kier molecular flexibility index (Phi) is 5.82. The van der Waals surface area contributed by atoms with Gasteiger partial charge in [-0.1, -0.05) is 55.8 Å². The summed E-state index contributed by atoms with van der Waals surface area (Å²) in [4.78, 5) is 0.231. The number of hydrogen-bond donors (Lipinski definition) is 1. The molecule has 0 unspecified atom stereocenters. The number of sulfonamides is 1. The molecule has 1 heterocycles. The number of halogens is 1. The summed E-state index contributed by atoms with van der Waals surface area (Å²) >= 11 is 6.24. The molecule has 0 aliphatic heterocycles. The van der Waals surface area contributed by atoms with Crippen LogP contribution in [0.5, 0.6) is 0 Å². The molecule has 0 aliphatic carbocycles. The molecule has 0 saturated carbocycles. The summed E-state index contributed by atoms with van der Waals surface area (Å²) in [6, 6.07) is 14.5. The topological polar surface area (TPSA) is 64.0 Å². The Bertz CT molecular complexity index is 1090. The third kappa shape index (κ3) is 4.23. The first-order valence-electron chi connectivity index (χ1n) is 9.09.